The van der Waals surface area contributed by atoms with Gasteiger partial charge in [0.05, 0.1) is 0 Å². The van der Waals surface area contributed by atoms with Crippen molar-refractivity contribution in [1.82, 2.24) is 5.32 Å². The van der Waals surface area contributed by atoms with Crippen LogP contribution in [0, 0.1) is 6.92 Å². The van der Waals surface area contributed by atoms with E-state index in [2.05, 4.69) is 49.5 Å². The zero-order valence-corrected chi connectivity index (χ0v) is 11.1. The second-order valence-electron chi connectivity index (χ2n) is 4.91. The van der Waals surface area contributed by atoms with Crippen LogP contribution in [0.5, 0.6) is 0 Å². The summed E-state index contributed by atoms with van der Waals surface area (Å²) in [6.45, 7) is 5.42. The molecule has 3 rings (SSSR count). The number of nitrogens with one attached hydrogen (secondary N) is 1. The lowest BCUT2D eigenvalue weighted by molar-refractivity contribution is 0.520. The number of rotatable bonds is 1. The van der Waals surface area contributed by atoms with Gasteiger partial charge in [-0.05, 0) is 37.5 Å². The SMILES string of the molecule is Cc1ccc(-c2cc3c(s2)CC(C)NC3)cc1. The lowest BCUT2D eigenvalue weighted by Crippen LogP contribution is -2.31. The van der Waals surface area contributed by atoms with Crippen LogP contribution in [0.15, 0.2) is 30.3 Å². The average Bonchev–Trinajstić information content (AvgIpc) is 2.72. The molecule has 1 nitrogen and oxygen atoms in total. The normalized spacial score (nSPS) is 19.1. The number of aryl methyl sites for hydroxylation is 1. The Kier molecular flexibility index (Phi) is 2.77. The van der Waals surface area contributed by atoms with E-state index in [1.54, 1.807) is 4.88 Å². The molecule has 0 spiro atoms. The minimum atomic E-state index is 0.618. The van der Waals surface area contributed by atoms with E-state index >= 15 is 0 Å². The Balaban J connectivity index is 1.97. The summed E-state index contributed by atoms with van der Waals surface area (Å²) < 4.78 is 0. The van der Waals surface area contributed by atoms with Gasteiger partial charge in [-0.2, -0.15) is 0 Å². The molecule has 0 fully saturated rings. The molecule has 0 bridgehead atoms. The molecule has 1 atom stereocenters. The summed E-state index contributed by atoms with van der Waals surface area (Å²) in [5.74, 6) is 0. The standard InChI is InChI=1S/C15H17NS/c1-10-3-5-12(6-4-10)15-8-13-9-16-11(2)7-14(13)17-15/h3-6,8,11,16H,7,9H2,1-2H3. The van der Waals surface area contributed by atoms with Crippen molar-refractivity contribution in [3.8, 4) is 10.4 Å². The second-order valence-corrected chi connectivity index (χ2v) is 6.05. The van der Waals surface area contributed by atoms with Gasteiger partial charge in [0, 0.05) is 22.3 Å². The summed E-state index contributed by atoms with van der Waals surface area (Å²) in [4.78, 5) is 2.97. The maximum Gasteiger partial charge on any atom is 0.0349 e. The van der Waals surface area contributed by atoms with Crippen LogP contribution in [-0.4, -0.2) is 6.04 Å². The first-order valence-corrected chi connectivity index (χ1v) is 6.96. The summed E-state index contributed by atoms with van der Waals surface area (Å²) in [6.07, 6.45) is 1.17. The zero-order chi connectivity index (χ0) is 11.8. The van der Waals surface area contributed by atoms with Crippen molar-refractivity contribution in [1.29, 1.82) is 0 Å². The van der Waals surface area contributed by atoms with Crippen molar-refractivity contribution in [3.05, 3.63) is 46.3 Å². The summed E-state index contributed by atoms with van der Waals surface area (Å²) in [7, 11) is 0. The van der Waals surface area contributed by atoms with Crippen LogP contribution in [0.2, 0.25) is 0 Å². The summed E-state index contributed by atoms with van der Waals surface area (Å²) in [6, 6.07) is 11.8. The Bertz CT molecular complexity index is 524. The molecular formula is C15H17NS. The molecule has 0 saturated carbocycles. The van der Waals surface area contributed by atoms with Crippen molar-refractivity contribution >= 4 is 11.3 Å². The van der Waals surface area contributed by atoms with Gasteiger partial charge < -0.3 is 5.32 Å². The van der Waals surface area contributed by atoms with Gasteiger partial charge in [-0.15, -0.1) is 11.3 Å². The first-order chi connectivity index (χ1) is 8.22. The first-order valence-electron chi connectivity index (χ1n) is 6.14. The van der Waals surface area contributed by atoms with E-state index in [1.807, 2.05) is 11.3 Å². The lowest BCUT2D eigenvalue weighted by Gasteiger charge is -2.19. The maximum atomic E-state index is 3.52. The third kappa shape index (κ3) is 2.15. The maximum absolute atomic E-state index is 3.52. The number of benzene rings is 1. The van der Waals surface area contributed by atoms with Crippen LogP contribution in [0.25, 0.3) is 10.4 Å². The number of fused-ring (bicyclic) bond motifs is 1. The van der Waals surface area contributed by atoms with Gasteiger partial charge in [0.2, 0.25) is 0 Å². The third-order valence-corrected chi connectivity index (χ3v) is 4.61. The lowest BCUT2D eigenvalue weighted by atomic mass is 10.0. The van der Waals surface area contributed by atoms with Crippen molar-refractivity contribution in [2.45, 2.75) is 32.9 Å². The molecular weight excluding hydrogens is 226 g/mol. The molecule has 1 aliphatic rings. The Morgan fingerprint density at radius 2 is 2.00 bits per heavy atom. The van der Waals surface area contributed by atoms with E-state index in [0.717, 1.165) is 6.54 Å². The van der Waals surface area contributed by atoms with Crippen LogP contribution in [0.3, 0.4) is 0 Å². The van der Waals surface area contributed by atoms with Crippen LogP contribution in [-0.2, 0) is 13.0 Å². The molecule has 1 unspecified atom stereocenters. The predicted octanol–water partition coefficient (Wildman–Crippen LogP) is 3.76. The van der Waals surface area contributed by atoms with E-state index in [9.17, 15) is 0 Å². The smallest absolute Gasteiger partial charge is 0.0349 e. The highest BCUT2D eigenvalue weighted by molar-refractivity contribution is 7.15. The van der Waals surface area contributed by atoms with Gasteiger partial charge in [-0.3, -0.25) is 0 Å². The zero-order valence-electron chi connectivity index (χ0n) is 10.3. The molecule has 1 N–H and O–H groups in total. The minimum absolute atomic E-state index is 0.618. The largest absolute Gasteiger partial charge is 0.310 e. The van der Waals surface area contributed by atoms with E-state index in [-0.39, 0.29) is 0 Å². The molecule has 0 amide bonds. The van der Waals surface area contributed by atoms with Crippen LogP contribution in [0.1, 0.15) is 22.9 Å². The molecule has 0 aliphatic carbocycles. The van der Waals surface area contributed by atoms with E-state index in [0.29, 0.717) is 6.04 Å². The molecule has 0 saturated heterocycles. The second kappa shape index (κ2) is 4.28. The number of thiophene rings is 1. The monoisotopic (exact) mass is 243 g/mol. The fourth-order valence-electron chi connectivity index (χ4n) is 2.28. The Hall–Kier alpha value is -1.12. The molecule has 2 heterocycles. The number of hydrogen-bond acceptors (Lipinski definition) is 2. The fourth-order valence-corrected chi connectivity index (χ4v) is 3.60. The van der Waals surface area contributed by atoms with Crippen LogP contribution >= 0.6 is 11.3 Å². The fraction of sp³-hybridized carbons (Fsp3) is 0.333. The highest BCUT2D eigenvalue weighted by atomic mass is 32.1. The van der Waals surface area contributed by atoms with E-state index < -0.39 is 0 Å². The van der Waals surface area contributed by atoms with Crippen molar-refractivity contribution in [3.63, 3.8) is 0 Å². The molecule has 0 radical (unpaired) electrons. The summed E-state index contributed by atoms with van der Waals surface area (Å²) >= 11 is 1.96. The van der Waals surface area contributed by atoms with Crippen LogP contribution < -0.4 is 5.32 Å². The highest BCUT2D eigenvalue weighted by Gasteiger charge is 2.17. The van der Waals surface area contributed by atoms with Crippen LogP contribution in [0.4, 0.5) is 0 Å². The Morgan fingerprint density at radius 3 is 2.76 bits per heavy atom. The summed E-state index contributed by atoms with van der Waals surface area (Å²) in [5.41, 5.74) is 4.16. The van der Waals surface area contributed by atoms with Crippen molar-refractivity contribution < 1.29 is 0 Å². The van der Waals surface area contributed by atoms with Gasteiger partial charge >= 0.3 is 0 Å². The van der Waals surface area contributed by atoms with Crippen molar-refractivity contribution in [2.24, 2.45) is 0 Å². The molecule has 2 aromatic rings. The average molecular weight is 243 g/mol. The molecule has 1 aromatic heterocycles. The van der Waals surface area contributed by atoms with E-state index in [1.165, 1.54) is 28.0 Å². The van der Waals surface area contributed by atoms with Gasteiger partial charge in [0.1, 0.15) is 0 Å². The molecule has 88 valence electrons. The third-order valence-electron chi connectivity index (χ3n) is 3.37. The molecule has 1 aromatic carbocycles. The molecule has 2 heteroatoms. The highest BCUT2D eigenvalue weighted by Crippen LogP contribution is 2.34. The Labute approximate surface area is 106 Å². The van der Waals surface area contributed by atoms with Gasteiger partial charge in [0.25, 0.3) is 0 Å². The molecule has 1 aliphatic heterocycles. The first kappa shape index (κ1) is 11.0. The van der Waals surface area contributed by atoms with Gasteiger partial charge in [-0.1, -0.05) is 29.8 Å². The predicted molar refractivity (Wildman–Crippen MR) is 74.5 cm³/mol. The van der Waals surface area contributed by atoms with Gasteiger partial charge in [0.15, 0.2) is 0 Å². The van der Waals surface area contributed by atoms with Gasteiger partial charge in [-0.25, -0.2) is 0 Å². The quantitative estimate of drug-likeness (QED) is 0.804. The Morgan fingerprint density at radius 1 is 1.24 bits per heavy atom. The van der Waals surface area contributed by atoms with Crippen molar-refractivity contribution in [2.75, 3.05) is 0 Å². The summed E-state index contributed by atoms with van der Waals surface area (Å²) in [5, 5.41) is 3.52. The molecule has 17 heavy (non-hydrogen) atoms. The van der Waals surface area contributed by atoms with E-state index in [4.69, 9.17) is 0 Å². The minimum Gasteiger partial charge on any atom is -0.310 e. The number of hydrogen-bond donors (Lipinski definition) is 1. The topological polar surface area (TPSA) is 12.0 Å².